The van der Waals surface area contributed by atoms with Gasteiger partial charge >= 0.3 is 0 Å². The van der Waals surface area contributed by atoms with Crippen LogP contribution in [0, 0.1) is 13.3 Å². The molecule has 15 heavy (non-hydrogen) atoms. The van der Waals surface area contributed by atoms with Crippen molar-refractivity contribution in [3.63, 3.8) is 0 Å². The second-order valence-electron chi connectivity index (χ2n) is 4.74. The second-order valence-corrected chi connectivity index (χ2v) is 4.74. The third kappa shape index (κ3) is 2.07. The minimum absolute atomic E-state index is 0.228. The van der Waals surface area contributed by atoms with Crippen LogP contribution in [0.5, 0.6) is 0 Å². The van der Waals surface area contributed by atoms with E-state index in [9.17, 15) is 0 Å². The number of nitrogens with two attached hydrogens (primary N) is 1. The number of hydrogen-bond acceptors (Lipinski definition) is 1. The molecule has 0 bridgehead atoms. The van der Waals surface area contributed by atoms with Crippen molar-refractivity contribution < 1.29 is 0 Å². The first-order valence-corrected chi connectivity index (χ1v) is 5.86. The van der Waals surface area contributed by atoms with Crippen molar-refractivity contribution in [2.45, 2.75) is 38.0 Å². The molecule has 1 unspecified atom stereocenters. The van der Waals surface area contributed by atoms with Crippen LogP contribution in [-0.2, 0) is 5.41 Å². The molecule has 0 aliphatic heterocycles. The van der Waals surface area contributed by atoms with Gasteiger partial charge < -0.3 is 5.73 Å². The van der Waals surface area contributed by atoms with Crippen molar-refractivity contribution in [1.82, 2.24) is 0 Å². The molecule has 0 aromatic heterocycles. The highest BCUT2D eigenvalue weighted by Gasteiger charge is 2.32. The summed E-state index contributed by atoms with van der Waals surface area (Å²) < 4.78 is 0. The van der Waals surface area contributed by atoms with Crippen LogP contribution in [0.4, 0.5) is 0 Å². The van der Waals surface area contributed by atoms with E-state index < -0.39 is 0 Å². The number of aryl methyl sites for hydroxylation is 1. The van der Waals surface area contributed by atoms with Gasteiger partial charge in [0.05, 0.1) is 0 Å². The molecule has 0 heterocycles. The minimum atomic E-state index is 0.228. The Morgan fingerprint density at radius 1 is 1.27 bits per heavy atom. The molecule has 1 atom stereocenters. The van der Waals surface area contributed by atoms with Crippen LogP contribution in [0.2, 0.25) is 0 Å². The molecule has 1 aromatic rings. The number of hydrogen-bond donors (Lipinski definition) is 1. The van der Waals surface area contributed by atoms with Crippen molar-refractivity contribution in [1.29, 1.82) is 0 Å². The van der Waals surface area contributed by atoms with E-state index in [2.05, 4.69) is 37.6 Å². The average Bonchev–Trinajstić information content (AvgIpc) is 2.31. The van der Waals surface area contributed by atoms with Gasteiger partial charge in [0.15, 0.2) is 0 Å². The smallest absolute Gasteiger partial charge is 0.00783 e. The maximum atomic E-state index is 5.99. The summed E-state index contributed by atoms with van der Waals surface area (Å²) in [5.74, 6) is 0. The molecular weight excluding hydrogens is 182 g/mol. The van der Waals surface area contributed by atoms with Crippen LogP contribution in [0.25, 0.3) is 0 Å². The average molecular weight is 202 g/mol. The molecule has 0 amide bonds. The third-order valence-corrected chi connectivity index (χ3v) is 3.65. The molecule has 1 heteroatoms. The first kappa shape index (κ1) is 10.7. The monoisotopic (exact) mass is 202 g/mol. The Morgan fingerprint density at radius 3 is 2.53 bits per heavy atom. The minimum Gasteiger partial charge on any atom is -0.330 e. The van der Waals surface area contributed by atoms with Crippen molar-refractivity contribution in [2.24, 2.45) is 5.73 Å². The third-order valence-electron chi connectivity index (χ3n) is 3.65. The molecule has 1 saturated carbocycles. The number of benzene rings is 1. The largest absolute Gasteiger partial charge is 0.330 e. The molecule has 1 fully saturated rings. The SMILES string of the molecule is Cc1ccc(C2(CN)C[CH]CCC2)cc1. The fourth-order valence-electron chi connectivity index (χ4n) is 2.54. The summed E-state index contributed by atoms with van der Waals surface area (Å²) in [7, 11) is 0. The van der Waals surface area contributed by atoms with E-state index in [0.29, 0.717) is 0 Å². The Bertz CT molecular complexity index is 307. The van der Waals surface area contributed by atoms with Gasteiger partial charge in [-0.2, -0.15) is 0 Å². The number of rotatable bonds is 2. The van der Waals surface area contributed by atoms with Crippen molar-refractivity contribution in [3.8, 4) is 0 Å². The van der Waals surface area contributed by atoms with Gasteiger partial charge in [-0.25, -0.2) is 0 Å². The van der Waals surface area contributed by atoms with E-state index in [-0.39, 0.29) is 5.41 Å². The topological polar surface area (TPSA) is 26.0 Å². The van der Waals surface area contributed by atoms with Gasteiger partial charge in [-0.3, -0.25) is 0 Å². The Labute approximate surface area is 92.7 Å². The lowest BCUT2D eigenvalue weighted by Crippen LogP contribution is -2.37. The summed E-state index contributed by atoms with van der Waals surface area (Å²) in [6, 6.07) is 8.89. The summed E-state index contributed by atoms with van der Waals surface area (Å²) in [6.07, 6.45) is 7.32. The van der Waals surface area contributed by atoms with E-state index in [1.807, 2.05) is 0 Å². The van der Waals surface area contributed by atoms with E-state index in [1.165, 1.54) is 30.4 Å². The molecule has 1 aliphatic rings. The van der Waals surface area contributed by atoms with Gasteiger partial charge in [-0.15, -0.1) is 0 Å². The zero-order valence-corrected chi connectivity index (χ0v) is 9.50. The lowest BCUT2D eigenvalue weighted by Gasteiger charge is -2.36. The first-order valence-electron chi connectivity index (χ1n) is 5.86. The van der Waals surface area contributed by atoms with Crippen LogP contribution in [0.15, 0.2) is 24.3 Å². The van der Waals surface area contributed by atoms with Gasteiger partial charge in [0.25, 0.3) is 0 Å². The molecule has 0 spiro atoms. The summed E-state index contributed by atoms with van der Waals surface area (Å²) in [6.45, 7) is 2.90. The van der Waals surface area contributed by atoms with E-state index in [0.717, 1.165) is 13.0 Å². The van der Waals surface area contributed by atoms with Crippen LogP contribution in [-0.4, -0.2) is 6.54 Å². The molecular formula is C14H20N. The second kappa shape index (κ2) is 4.36. The molecule has 1 radical (unpaired) electrons. The molecule has 81 valence electrons. The van der Waals surface area contributed by atoms with Crippen LogP contribution < -0.4 is 5.73 Å². The van der Waals surface area contributed by atoms with Gasteiger partial charge in [0.1, 0.15) is 0 Å². The standard InChI is InChI=1S/C14H20N/c1-12-5-7-13(8-6-12)14(11-15)9-3-2-4-10-14/h3,5-8H,2,4,9-11,15H2,1H3. The fraction of sp³-hybridized carbons (Fsp3) is 0.500. The van der Waals surface area contributed by atoms with Crippen LogP contribution in [0.1, 0.15) is 36.8 Å². The van der Waals surface area contributed by atoms with Crippen LogP contribution >= 0.6 is 0 Å². The predicted octanol–water partition coefficient (Wildman–Crippen LogP) is 2.97. The summed E-state index contributed by atoms with van der Waals surface area (Å²) >= 11 is 0. The lowest BCUT2D eigenvalue weighted by molar-refractivity contribution is 0.346. The predicted molar refractivity (Wildman–Crippen MR) is 64.7 cm³/mol. The molecule has 2 rings (SSSR count). The highest BCUT2D eigenvalue weighted by atomic mass is 14.6. The molecule has 1 nitrogen and oxygen atoms in total. The Morgan fingerprint density at radius 2 is 2.00 bits per heavy atom. The highest BCUT2D eigenvalue weighted by molar-refractivity contribution is 5.30. The Hall–Kier alpha value is -0.820. The van der Waals surface area contributed by atoms with Crippen molar-refractivity contribution in [2.75, 3.05) is 6.54 Å². The molecule has 0 saturated heterocycles. The van der Waals surface area contributed by atoms with Gasteiger partial charge in [-0.05, 0) is 31.7 Å². The summed E-state index contributed by atoms with van der Waals surface area (Å²) in [4.78, 5) is 0. The molecule has 1 aromatic carbocycles. The quantitative estimate of drug-likeness (QED) is 0.784. The zero-order chi connectivity index (χ0) is 10.7. The van der Waals surface area contributed by atoms with Gasteiger partial charge in [-0.1, -0.05) is 42.7 Å². The van der Waals surface area contributed by atoms with E-state index >= 15 is 0 Å². The van der Waals surface area contributed by atoms with Gasteiger partial charge in [0, 0.05) is 12.0 Å². The molecule has 1 aliphatic carbocycles. The maximum Gasteiger partial charge on any atom is 0.00783 e. The Kier molecular flexibility index (Phi) is 3.11. The van der Waals surface area contributed by atoms with E-state index in [1.54, 1.807) is 0 Å². The maximum absolute atomic E-state index is 5.99. The van der Waals surface area contributed by atoms with Crippen molar-refractivity contribution in [3.05, 3.63) is 41.8 Å². The lowest BCUT2D eigenvalue weighted by atomic mass is 9.69. The Balaban J connectivity index is 2.28. The summed E-state index contributed by atoms with van der Waals surface area (Å²) in [5.41, 5.74) is 8.96. The highest BCUT2D eigenvalue weighted by Crippen LogP contribution is 2.38. The fourth-order valence-corrected chi connectivity index (χ4v) is 2.54. The van der Waals surface area contributed by atoms with Gasteiger partial charge in [0.2, 0.25) is 0 Å². The summed E-state index contributed by atoms with van der Waals surface area (Å²) in [5, 5.41) is 0. The zero-order valence-electron chi connectivity index (χ0n) is 9.50. The van der Waals surface area contributed by atoms with E-state index in [4.69, 9.17) is 5.73 Å². The first-order chi connectivity index (χ1) is 7.27. The van der Waals surface area contributed by atoms with Crippen molar-refractivity contribution >= 4 is 0 Å². The van der Waals surface area contributed by atoms with Crippen LogP contribution in [0.3, 0.4) is 0 Å². The normalized spacial score (nSPS) is 20.1. The molecule has 2 N–H and O–H groups in total.